The van der Waals surface area contributed by atoms with Gasteiger partial charge in [-0.3, -0.25) is 9.59 Å². The number of aliphatic hydroxyl groups is 4. The normalized spacial score (nSPS) is 21.7. The minimum absolute atomic E-state index is 0.207. The van der Waals surface area contributed by atoms with Gasteiger partial charge in [0.25, 0.3) is 0 Å². The van der Waals surface area contributed by atoms with Crippen molar-refractivity contribution >= 4 is 11.9 Å². The zero-order valence-electron chi connectivity index (χ0n) is 32.0. The van der Waals surface area contributed by atoms with Crippen molar-refractivity contribution in [2.75, 3.05) is 19.8 Å². The number of esters is 2. The molecule has 52 heavy (non-hydrogen) atoms. The van der Waals surface area contributed by atoms with E-state index in [2.05, 4.69) is 74.6 Å². The first kappa shape index (κ1) is 47.4. The molecule has 1 aliphatic rings. The zero-order chi connectivity index (χ0) is 38.1. The average Bonchev–Trinajstić information content (AvgIpc) is 3.14. The maximum Gasteiger partial charge on any atom is 0.306 e. The third kappa shape index (κ3) is 24.6. The predicted octanol–water partition coefficient (Wildman–Crippen LogP) is 7.49. The number of aliphatic hydroxyl groups excluding tert-OH is 4. The molecule has 0 spiro atoms. The Kier molecular flexibility index (Phi) is 30.1. The van der Waals surface area contributed by atoms with Gasteiger partial charge in [-0.15, -0.1) is 0 Å². The molecule has 0 radical (unpaired) electrons. The van der Waals surface area contributed by atoms with Gasteiger partial charge < -0.3 is 39.4 Å². The van der Waals surface area contributed by atoms with Crippen molar-refractivity contribution in [2.24, 2.45) is 0 Å². The fourth-order valence-electron chi connectivity index (χ4n) is 5.47. The van der Waals surface area contributed by atoms with Crippen LogP contribution in [0.2, 0.25) is 0 Å². The van der Waals surface area contributed by atoms with Crippen molar-refractivity contribution in [3.8, 4) is 0 Å². The molecule has 0 amide bonds. The number of hydrogen-bond donors (Lipinski definition) is 4. The Hall–Kier alpha value is -2.60. The van der Waals surface area contributed by atoms with Crippen molar-refractivity contribution in [2.45, 2.75) is 173 Å². The maximum absolute atomic E-state index is 12.7. The molecule has 0 aromatic rings. The summed E-state index contributed by atoms with van der Waals surface area (Å²) in [7, 11) is 0. The summed E-state index contributed by atoms with van der Waals surface area (Å²) in [4.78, 5) is 25.2. The van der Waals surface area contributed by atoms with Crippen LogP contribution in [-0.4, -0.2) is 89.0 Å². The van der Waals surface area contributed by atoms with Crippen LogP contribution in [0.3, 0.4) is 0 Å². The van der Waals surface area contributed by atoms with Gasteiger partial charge in [0.1, 0.15) is 31.0 Å². The molecule has 10 nitrogen and oxygen atoms in total. The number of allylic oxidation sites excluding steroid dienone is 10. The van der Waals surface area contributed by atoms with E-state index in [9.17, 15) is 30.0 Å². The van der Waals surface area contributed by atoms with Crippen LogP contribution in [0, 0.1) is 0 Å². The van der Waals surface area contributed by atoms with Gasteiger partial charge in [-0.25, -0.2) is 0 Å². The van der Waals surface area contributed by atoms with Gasteiger partial charge in [0.15, 0.2) is 12.4 Å². The molecule has 6 atom stereocenters. The lowest BCUT2D eigenvalue weighted by Crippen LogP contribution is -2.59. The molecule has 4 N–H and O–H groups in total. The molecule has 1 rings (SSSR count). The van der Waals surface area contributed by atoms with Gasteiger partial charge in [-0.1, -0.05) is 107 Å². The Morgan fingerprint density at radius 1 is 0.615 bits per heavy atom. The fourth-order valence-corrected chi connectivity index (χ4v) is 5.47. The van der Waals surface area contributed by atoms with Crippen LogP contribution in [-0.2, 0) is 28.5 Å². The molecule has 1 heterocycles. The molecule has 2 unspecified atom stereocenters. The molecular weight excluding hydrogens is 664 g/mol. The first-order valence-corrected chi connectivity index (χ1v) is 19.9. The molecule has 0 aliphatic carbocycles. The van der Waals surface area contributed by atoms with Gasteiger partial charge in [0.05, 0.1) is 13.2 Å². The van der Waals surface area contributed by atoms with Crippen LogP contribution >= 0.6 is 0 Å². The highest BCUT2D eigenvalue weighted by Gasteiger charge is 2.44. The van der Waals surface area contributed by atoms with E-state index in [1.54, 1.807) is 0 Å². The largest absolute Gasteiger partial charge is 0.462 e. The van der Waals surface area contributed by atoms with Crippen molar-refractivity contribution < 1.29 is 49.0 Å². The summed E-state index contributed by atoms with van der Waals surface area (Å²) in [6.45, 7) is 3.20. The van der Waals surface area contributed by atoms with Crippen LogP contribution in [0.25, 0.3) is 0 Å². The van der Waals surface area contributed by atoms with E-state index < -0.39 is 55.4 Å². The highest BCUT2D eigenvalue weighted by Crippen LogP contribution is 2.22. The summed E-state index contributed by atoms with van der Waals surface area (Å²) in [5.41, 5.74) is 0. The van der Waals surface area contributed by atoms with E-state index in [1.165, 1.54) is 19.3 Å². The Balaban J connectivity index is 2.43. The van der Waals surface area contributed by atoms with Gasteiger partial charge >= 0.3 is 11.9 Å². The quantitative estimate of drug-likeness (QED) is 0.0320. The second kappa shape index (κ2) is 33.0. The number of carbonyl (C=O) groups is 2. The Bertz CT molecular complexity index is 1030. The Morgan fingerprint density at radius 2 is 1.13 bits per heavy atom. The van der Waals surface area contributed by atoms with E-state index >= 15 is 0 Å². The van der Waals surface area contributed by atoms with Crippen LogP contribution in [0.15, 0.2) is 60.8 Å². The summed E-state index contributed by atoms with van der Waals surface area (Å²) >= 11 is 0. The molecule has 0 bridgehead atoms. The standard InChI is InChI=1S/C42H70O10/c1-3-5-7-9-11-13-15-17-18-19-21-22-24-26-28-30-37(44)49-33-35(34-50-42-41(48)40(47)39(46)36(32-43)52-42)51-38(45)31-29-27-25-23-20-16-14-12-10-8-6-4-2/h5,7,11-14,17-18,21-22,35-36,39-43,46-48H,3-4,6,8-10,15-16,19-20,23-34H2,1-2H3/b7-5+,13-11+,14-12+,18-17+,22-21+/t35-,36-,39+,40?,41?,42-/m0/s1. The molecule has 1 aliphatic heterocycles. The van der Waals surface area contributed by atoms with Crippen molar-refractivity contribution in [1.29, 1.82) is 0 Å². The smallest absolute Gasteiger partial charge is 0.306 e. The lowest BCUT2D eigenvalue weighted by molar-refractivity contribution is -0.305. The number of carbonyl (C=O) groups excluding carboxylic acids is 2. The molecule has 1 fully saturated rings. The molecular formula is C42H70O10. The van der Waals surface area contributed by atoms with E-state index in [0.717, 1.165) is 77.0 Å². The molecule has 1 saturated heterocycles. The SMILES string of the molecule is CC/C=C/C/C=C/C/C=C/C/C=C/CCCCC(=O)OC[C@@H](CO[C@H]1O[C@@H](CO)[C@@H](O)C(O)C1O)OC(=O)CCCCCCC/C=C/CCCCC. The minimum Gasteiger partial charge on any atom is -0.462 e. The average molecular weight is 735 g/mol. The van der Waals surface area contributed by atoms with Crippen molar-refractivity contribution in [3.05, 3.63) is 60.8 Å². The van der Waals surface area contributed by atoms with Gasteiger partial charge in [-0.2, -0.15) is 0 Å². The number of rotatable bonds is 31. The van der Waals surface area contributed by atoms with Gasteiger partial charge in [0, 0.05) is 12.8 Å². The van der Waals surface area contributed by atoms with Crippen LogP contribution < -0.4 is 0 Å². The molecule has 10 heteroatoms. The zero-order valence-corrected chi connectivity index (χ0v) is 32.0. The summed E-state index contributed by atoms with van der Waals surface area (Å²) in [6, 6.07) is 0. The highest BCUT2D eigenvalue weighted by molar-refractivity contribution is 5.70. The Morgan fingerprint density at radius 3 is 1.77 bits per heavy atom. The predicted molar refractivity (Wildman–Crippen MR) is 205 cm³/mol. The van der Waals surface area contributed by atoms with Crippen molar-refractivity contribution in [3.63, 3.8) is 0 Å². The fraction of sp³-hybridized carbons (Fsp3) is 0.714. The van der Waals surface area contributed by atoms with E-state index in [1.807, 2.05) is 0 Å². The van der Waals surface area contributed by atoms with Gasteiger partial charge in [-0.05, 0) is 77.0 Å². The minimum atomic E-state index is -1.60. The van der Waals surface area contributed by atoms with Crippen LogP contribution in [0.4, 0.5) is 0 Å². The summed E-state index contributed by atoms with van der Waals surface area (Å²) < 4.78 is 22.0. The molecule has 0 saturated carbocycles. The lowest BCUT2D eigenvalue weighted by Gasteiger charge is -2.39. The first-order chi connectivity index (χ1) is 25.3. The number of unbranched alkanes of at least 4 members (excludes halogenated alkanes) is 10. The van der Waals surface area contributed by atoms with Crippen molar-refractivity contribution in [1.82, 2.24) is 0 Å². The maximum atomic E-state index is 12.7. The third-order valence-electron chi connectivity index (χ3n) is 8.64. The van der Waals surface area contributed by atoms with E-state index in [4.69, 9.17) is 18.9 Å². The second-order valence-corrected chi connectivity index (χ2v) is 13.3. The summed E-state index contributed by atoms with van der Waals surface area (Å²) in [5, 5.41) is 39.9. The summed E-state index contributed by atoms with van der Waals surface area (Å²) in [6.07, 6.45) is 30.9. The van der Waals surface area contributed by atoms with E-state index in [0.29, 0.717) is 12.8 Å². The number of hydrogen-bond acceptors (Lipinski definition) is 10. The van der Waals surface area contributed by atoms with E-state index in [-0.39, 0.29) is 26.1 Å². The molecule has 0 aromatic carbocycles. The molecule has 298 valence electrons. The monoisotopic (exact) mass is 734 g/mol. The van der Waals surface area contributed by atoms with Crippen LogP contribution in [0.1, 0.15) is 136 Å². The first-order valence-electron chi connectivity index (χ1n) is 19.9. The number of ether oxygens (including phenoxy) is 4. The topological polar surface area (TPSA) is 152 Å². The second-order valence-electron chi connectivity index (χ2n) is 13.3. The highest BCUT2D eigenvalue weighted by atomic mass is 16.7. The lowest BCUT2D eigenvalue weighted by atomic mass is 9.99. The van der Waals surface area contributed by atoms with Crippen LogP contribution in [0.5, 0.6) is 0 Å². The molecule has 0 aromatic heterocycles. The Labute approximate surface area is 313 Å². The third-order valence-corrected chi connectivity index (χ3v) is 8.64. The summed E-state index contributed by atoms with van der Waals surface area (Å²) in [5.74, 6) is -0.874. The van der Waals surface area contributed by atoms with Gasteiger partial charge in [0.2, 0.25) is 0 Å².